The number of likely N-dealkylation sites (tertiary alicyclic amines) is 1. The molecule has 1 aliphatic heterocycles. The molecule has 2 rings (SSSR count). The van der Waals surface area contributed by atoms with Gasteiger partial charge in [-0.05, 0) is 60.1 Å². The quantitative estimate of drug-likeness (QED) is 0.860. The normalized spacial score (nSPS) is 19.8. The van der Waals surface area contributed by atoms with Gasteiger partial charge in [0.25, 0.3) is 0 Å². The highest BCUT2D eigenvalue weighted by Gasteiger charge is 2.21. The van der Waals surface area contributed by atoms with Gasteiger partial charge in [0.2, 0.25) is 0 Å². The summed E-state index contributed by atoms with van der Waals surface area (Å²) in [6.45, 7) is 3.44. The van der Waals surface area contributed by atoms with Gasteiger partial charge in [0.15, 0.2) is 0 Å². The molecule has 0 saturated carbocycles. The summed E-state index contributed by atoms with van der Waals surface area (Å²) in [6, 6.07) is 7.93. The second-order valence-corrected chi connectivity index (χ2v) is 5.93. The molecule has 4 heteroatoms. The fraction of sp³-hybridized carbons (Fsp3) is 0.500. The topological polar surface area (TPSA) is 30.3 Å². The molecule has 3 nitrogen and oxygen atoms in total. The van der Waals surface area contributed by atoms with Gasteiger partial charge < -0.3 is 9.80 Å². The summed E-state index contributed by atoms with van der Waals surface area (Å²) >= 11 is 3.55. The first-order valence-electron chi connectivity index (χ1n) is 6.19. The molecule has 96 valence electrons. The van der Waals surface area contributed by atoms with Gasteiger partial charge in [-0.3, -0.25) is 0 Å². The van der Waals surface area contributed by atoms with Crippen molar-refractivity contribution in [2.75, 3.05) is 38.6 Å². The second kappa shape index (κ2) is 5.73. The Bertz CT molecular complexity index is 467. The van der Waals surface area contributed by atoms with Gasteiger partial charge in [-0.2, -0.15) is 5.26 Å². The van der Waals surface area contributed by atoms with E-state index >= 15 is 0 Å². The van der Waals surface area contributed by atoms with Crippen LogP contribution >= 0.6 is 15.9 Å². The van der Waals surface area contributed by atoms with Gasteiger partial charge in [-0.25, -0.2) is 0 Å². The van der Waals surface area contributed by atoms with E-state index in [-0.39, 0.29) is 0 Å². The van der Waals surface area contributed by atoms with Crippen molar-refractivity contribution in [2.24, 2.45) is 5.92 Å². The number of hydrogen-bond acceptors (Lipinski definition) is 3. The fourth-order valence-corrected chi connectivity index (χ4v) is 3.23. The van der Waals surface area contributed by atoms with Crippen LogP contribution in [0.2, 0.25) is 0 Å². The van der Waals surface area contributed by atoms with Gasteiger partial charge in [0.1, 0.15) is 0 Å². The van der Waals surface area contributed by atoms with Crippen molar-refractivity contribution in [2.45, 2.75) is 6.42 Å². The van der Waals surface area contributed by atoms with E-state index in [0.29, 0.717) is 5.56 Å². The van der Waals surface area contributed by atoms with Crippen LogP contribution in [0, 0.1) is 17.2 Å². The molecular weight excluding hydrogens is 290 g/mol. The highest BCUT2D eigenvalue weighted by Crippen LogP contribution is 2.28. The van der Waals surface area contributed by atoms with Crippen molar-refractivity contribution in [1.29, 1.82) is 5.26 Å². The molecule has 0 amide bonds. The fourth-order valence-electron chi connectivity index (χ4n) is 2.55. The van der Waals surface area contributed by atoms with E-state index in [1.54, 1.807) is 0 Å². The summed E-state index contributed by atoms with van der Waals surface area (Å²) in [4.78, 5) is 4.65. The van der Waals surface area contributed by atoms with Crippen molar-refractivity contribution in [1.82, 2.24) is 4.90 Å². The number of hydrogen-bond donors (Lipinski definition) is 0. The van der Waals surface area contributed by atoms with E-state index in [4.69, 9.17) is 5.26 Å². The molecule has 18 heavy (non-hydrogen) atoms. The minimum absolute atomic E-state index is 0.694. The highest BCUT2D eigenvalue weighted by atomic mass is 79.9. The molecule has 1 atom stereocenters. The zero-order valence-corrected chi connectivity index (χ0v) is 12.4. The van der Waals surface area contributed by atoms with Crippen molar-refractivity contribution in [3.8, 4) is 6.07 Å². The molecule has 0 aromatic heterocycles. The lowest BCUT2D eigenvalue weighted by molar-refractivity contribution is 0.396. The molecule has 1 heterocycles. The Hall–Kier alpha value is -1.05. The van der Waals surface area contributed by atoms with Crippen molar-refractivity contribution >= 4 is 21.6 Å². The van der Waals surface area contributed by atoms with Crippen LogP contribution in [0.25, 0.3) is 0 Å². The van der Waals surface area contributed by atoms with E-state index in [0.717, 1.165) is 22.6 Å². The van der Waals surface area contributed by atoms with E-state index in [2.05, 4.69) is 45.9 Å². The van der Waals surface area contributed by atoms with Gasteiger partial charge >= 0.3 is 0 Å². The Balaban J connectivity index is 2.05. The maximum absolute atomic E-state index is 8.86. The van der Waals surface area contributed by atoms with Crippen LogP contribution in [-0.4, -0.2) is 38.6 Å². The lowest BCUT2D eigenvalue weighted by atomic mass is 10.1. The van der Waals surface area contributed by atoms with Crippen molar-refractivity contribution in [3.05, 3.63) is 28.2 Å². The Kier molecular flexibility index (Phi) is 4.26. The monoisotopic (exact) mass is 307 g/mol. The van der Waals surface area contributed by atoms with E-state index in [1.165, 1.54) is 19.5 Å². The Morgan fingerprint density at radius 3 is 2.89 bits per heavy atom. The zero-order valence-electron chi connectivity index (χ0n) is 10.9. The first-order chi connectivity index (χ1) is 8.60. The van der Waals surface area contributed by atoms with Gasteiger partial charge in [-0.15, -0.1) is 0 Å². The smallest absolute Gasteiger partial charge is 0.0992 e. The summed E-state index contributed by atoms with van der Waals surface area (Å²) in [5.74, 6) is 0.738. The molecular formula is C14H18BrN3. The van der Waals surface area contributed by atoms with Crippen LogP contribution in [0.3, 0.4) is 0 Å². The lowest BCUT2D eigenvalue weighted by Gasteiger charge is -2.24. The molecule has 1 aromatic rings. The molecule has 1 aromatic carbocycles. The van der Waals surface area contributed by atoms with E-state index in [9.17, 15) is 0 Å². The largest absolute Gasteiger partial charge is 0.373 e. The summed E-state index contributed by atoms with van der Waals surface area (Å²) in [5.41, 5.74) is 1.85. The predicted molar refractivity (Wildman–Crippen MR) is 77.7 cm³/mol. The number of anilines is 1. The number of rotatable bonds is 3. The van der Waals surface area contributed by atoms with E-state index < -0.39 is 0 Å². The van der Waals surface area contributed by atoms with Crippen LogP contribution in [0.15, 0.2) is 22.7 Å². The number of benzene rings is 1. The highest BCUT2D eigenvalue weighted by molar-refractivity contribution is 9.10. The maximum Gasteiger partial charge on any atom is 0.0992 e. The maximum atomic E-state index is 8.86. The summed E-state index contributed by atoms with van der Waals surface area (Å²) in [5, 5.41) is 8.86. The molecule has 1 fully saturated rings. The molecule has 0 N–H and O–H groups in total. The van der Waals surface area contributed by atoms with Crippen molar-refractivity contribution in [3.63, 3.8) is 0 Å². The Morgan fingerprint density at radius 2 is 2.33 bits per heavy atom. The molecule has 1 saturated heterocycles. The zero-order chi connectivity index (χ0) is 13.1. The third-order valence-corrected chi connectivity index (χ3v) is 4.14. The predicted octanol–water partition coefficient (Wildman–Crippen LogP) is 2.71. The standard InChI is InChI=1S/C14H18BrN3/c1-17-6-5-12(9-17)10-18(2)14-4-3-11(8-16)7-13(14)15/h3-4,7,12H,5-6,9-10H2,1-2H3. The average Bonchev–Trinajstić information content (AvgIpc) is 2.74. The average molecular weight is 308 g/mol. The van der Waals surface area contributed by atoms with Gasteiger partial charge in [-0.1, -0.05) is 0 Å². The third kappa shape index (κ3) is 3.04. The van der Waals surface area contributed by atoms with Crippen LogP contribution < -0.4 is 4.90 Å². The Labute approximate surface area is 117 Å². The van der Waals surface area contributed by atoms with Gasteiger partial charge in [0, 0.05) is 24.6 Å². The third-order valence-electron chi connectivity index (χ3n) is 3.51. The first-order valence-corrected chi connectivity index (χ1v) is 6.99. The Morgan fingerprint density at radius 1 is 1.56 bits per heavy atom. The second-order valence-electron chi connectivity index (χ2n) is 5.08. The van der Waals surface area contributed by atoms with Crippen LogP contribution in [0.4, 0.5) is 5.69 Å². The minimum atomic E-state index is 0.694. The molecule has 0 spiro atoms. The number of nitriles is 1. The SMILES string of the molecule is CN1CCC(CN(C)c2ccc(C#N)cc2Br)C1. The lowest BCUT2D eigenvalue weighted by Crippen LogP contribution is -2.27. The number of nitrogens with zero attached hydrogens (tertiary/aromatic N) is 3. The molecule has 1 unspecified atom stereocenters. The van der Waals surface area contributed by atoms with E-state index in [1.807, 2.05) is 18.2 Å². The summed E-state index contributed by atoms with van der Waals surface area (Å²) in [6.07, 6.45) is 1.27. The van der Waals surface area contributed by atoms with Crippen LogP contribution in [-0.2, 0) is 0 Å². The summed E-state index contributed by atoms with van der Waals surface area (Å²) < 4.78 is 0.996. The number of halogens is 1. The van der Waals surface area contributed by atoms with Crippen molar-refractivity contribution < 1.29 is 0 Å². The minimum Gasteiger partial charge on any atom is -0.373 e. The molecule has 0 bridgehead atoms. The van der Waals surface area contributed by atoms with Crippen LogP contribution in [0.5, 0.6) is 0 Å². The van der Waals surface area contributed by atoms with Crippen LogP contribution in [0.1, 0.15) is 12.0 Å². The van der Waals surface area contributed by atoms with Gasteiger partial charge in [0.05, 0.1) is 17.3 Å². The summed E-state index contributed by atoms with van der Waals surface area (Å²) in [7, 11) is 4.29. The molecule has 0 radical (unpaired) electrons. The molecule has 0 aliphatic carbocycles. The molecule has 1 aliphatic rings. The first kappa shape index (κ1) is 13.4.